The first-order valence-corrected chi connectivity index (χ1v) is 10.0. The van der Waals surface area contributed by atoms with Crippen LogP contribution in [0, 0.1) is 0 Å². The van der Waals surface area contributed by atoms with Crippen molar-refractivity contribution in [1.82, 2.24) is 9.29 Å². The van der Waals surface area contributed by atoms with Gasteiger partial charge in [-0.3, -0.25) is 0 Å². The van der Waals surface area contributed by atoms with Gasteiger partial charge in [0.2, 0.25) is 10.0 Å². The zero-order valence-electron chi connectivity index (χ0n) is 15.5. The summed E-state index contributed by atoms with van der Waals surface area (Å²) in [4.78, 5) is 6.68. The molecule has 0 bridgehead atoms. The SMILES string of the molecule is CCN(c1ccccc1)c1ccc(S(=O)(=O)N(C(C)C)C(C)C)cn1. The molecule has 6 heteroatoms. The van der Waals surface area contributed by atoms with E-state index >= 15 is 0 Å². The summed E-state index contributed by atoms with van der Waals surface area (Å²) < 4.78 is 27.3. The van der Waals surface area contributed by atoms with Crippen molar-refractivity contribution in [3.05, 3.63) is 48.7 Å². The molecular weight excluding hydrogens is 334 g/mol. The van der Waals surface area contributed by atoms with E-state index in [0.717, 1.165) is 18.1 Å². The monoisotopic (exact) mass is 361 g/mol. The molecule has 0 radical (unpaired) electrons. The highest BCUT2D eigenvalue weighted by molar-refractivity contribution is 7.89. The van der Waals surface area contributed by atoms with Gasteiger partial charge in [-0.25, -0.2) is 13.4 Å². The molecule has 1 aromatic heterocycles. The van der Waals surface area contributed by atoms with Crippen molar-refractivity contribution in [1.29, 1.82) is 0 Å². The maximum Gasteiger partial charge on any atom is 0.245 e. The van der Waals surface area contributed by atoms with Crippen LogP contribution in [0.15, 0.2) is 53.6 Å². The Balaban J connectivity index is 2.36. The van der Waals surface area contributed by atoms with Crippen LogP contribution in [0.3, 0.4) is 0 Å². The van der Waals surface area contributed by atoms with Gasteiger partial charge < -0.3 is 4.90 Å². The van der Waals surface area contributed by atoms with Crippen LogP contribution in [0.2, 0.25) is 0 Å². The third-order valence-corrected chi connectivity index (χ3v) is 6.21. The molecule has 0 aliphatic rings. The van der Waals surface area contributed by atoms with Gasteiger partial charge in [0.1, 0.15) is 10.7 Å². The van der Waals surface area contributed by atoms with Crippen LogP contribution in [-0.4, -0.2) is 36.3 Å². The van der Waals surface area contributed by atoms with E-state index in [-0.39, 0.29) is 17.0 Å². The molecule has 0 aliphatic carbocycles. The summed E-state index contributed by atoms with van der Waals surface area (Å²) in [6.07, 6.45) is 1.45. The lowest BCUT2D eigenvalue weighted by molar-refractivity contribution is 0.302. The fourth-order valence-electron chi connectivity index (χ4n) is 3.04. The Morgan fingerprint density at radius 3 is 2.00 bits per heavy atom. The molecule has 0 saturated heterocycles. The Hall–Kier alpha value is -1.92. The Morgan fingerprint density at radius 1 is 0.960 bits per heavy atom. The number of rotatable bonds is 7. The first-order valence-electron chi connectivity index (χ1n) is 8.61. The number of hydrogen-bond donors (Lipinski definition) is 0. The van der Waals surface area contributed by atoms with Crippen molar-refractivity contribution in [2.24, 2.45) is 0 Å². The lowest BCUT2D eigenvalue weighted by atomic mass is 10.3. The number of para-hydroxylation sites is 1. The number of nitrogens with zero attached hydrogens (tertiary/aromatic N) is 3. The molecule has 0 aliphatic heterocycles. The molecule has 0 amide bonds. The van der Waals surface area contributed by atoms with Gasteiger partial charge in [-0.1, -0.05) is 18.2 Å². The quantitative estimate of drug-likeness (QED) is 0.747. The number of hydrogen-bond acceptors (Lipinski definition) is 4. The third-order valence-electron chi connectivity index (χ3n) is 3.97. The first kappa shape index (κ1) is 19.4. The van der Waals surface area contributed by atoms with Gasteiger partial charge >= 0.3 is 0 Å². The summed E-state index contributed by atoms with van der Waals surface area (Å²) in [5.41, 5.74) is 1.03. The second kappa shape index (κ2) is 7.97. The average Bonchev–Trinajstić information content (AvgIpc) is 2.56. The van der Waals surface area contributed by atoms with Crippen molar-refractivity contribution in [2.45, 2.75) is 51.6 Å². The van der Waals surface area contributed by atoms with Crippen LogP contribution in [0.25, 0.3) is 0 Å². The Kier molecular flexibility index (Phi) is 6.19. The van der Waals surface area contributed by atoms with Crippen LogP contribution in [-0.2, 0) is 10.0 Å². The van der Waals surface area contributed by atoms with E-state index < -0.39 is 10.0 Å². The topological polar surface area (TPSA) is 53.5 Å². The van der Waals surface area contributed by atoms with Gasteiger partial charge in [0.15, 0.2) is 0 Å². The molecule has 136 valence electrons. The van der Waals surface area contributed by atoms with Crippen molar-refractivity contribution in [3.63, 3.8) is 0 Å². The standard InChI is InChI=1S/C19H27N3O2S/c1-6-21(17-10-8-7-9-11-17)19-13-12-18(14-20-19)25(23,24)22(15(2)3)16(4)5/h7-16H,6H2,1-5H3. The van der Waals surface area contributed by atoms with Crippen LogP contribution in [0.1, 0.15) is 34.6 Å². The minimum Gasteiger partial charge on any atom is -0.327 e. The molecule has 25 heavy (non-hydrogen) atoms. The zero-order valence-corrected chi connectivity index (χ0v) is 16.4. The summed E-state index contributed by atoms with van der Waals surface area (Å²) in [7, 11) is -3.56. The van der Waals surface area contributed by atoms with E-state index in [4.69, 9.17) is 0 Å². The molecule has 0 spiro atoms. The van der Waals surface area contributed by atoms with E-state index in [2.05, 4.69) is 4.98 Å². The van der Waals surface area contributed by atoms with Gasteiger partial charge in [0.25, 0.3) is 0 Å². The fourth-order valence-corrected chi connectivity index (χ4v) is 4.82. The summed E-state index contributed by atoms with van der Waals surface area (Å²) >= 11 is 0. The third kappa shape index (κ3) is 4.19. The lowest BCUT2D eigenvalue weighted by Crippen LogP contribution is -2.41. The maximum atomic E-state index is 12.9. The minimum absolute atomic E-state index is 0.110. The van der Waals surface area contributed by atoms with Crippen molar-refractivity contribution in [3.8, 4) is 0 Å². The van der Waals surface area contributed by atoms with Crippen molar-refractivity contribution >= 4 is 21.5 Å². The molecule has 2 aromatic rings. The lowest BCUT2D eigenvalue weighted by Gasteiger charge is -2.29. The summed E-state index contributed by atoms with van der Waals surface area (Å²) in [5, 5.41) is 0. The smallest absolute Gasteiger partial charge is 0.245 e. The largest absolute Gasteiger partial charge is 0.327 e. The molecule has 1 heterocycles. The van der Waals surface area contributed by atoms with E-state index in [1.165, 1.54) is 10.5 Å². The Morgan fingerprint density at radius 2 is 1.56 bits per heavy atom. The van der Waals surface area contributed by atoms with Crippen LogP contribution >= 0.6 is 0 Å². The van der Waals surface area contributed by atoms with Crippen molar-refractivity contribution in [2.75, 3.05) is 11.4 Å². The molecule has 0 saturated carbocycles. The van der Waals surface area contributed by atoms with E-state index in [0.29, 0.717) is 0 Å². The van der Waals surface area contributed by atoms with E-state index in [1.807, 2.05) is 69.9 Å². The number of pyridine rings is 1. The minimum atomic E-state index is -3.56. The first-order chi connectivity index (χ1) is 11.8. The van der Waals surface area contributed by atoms with Crippen LogP contribution in [0.5, 0.6) is 0 Å². The highest BCUT2D eigenvalue weighted by Crippen LogP contribution is 2.25. The number of aromatic nitrogens is 1. The van der Waals surface area contributed by atoms with E-state index in [1.54, 1.807) is 12.1 Å². The van der Waals surface area contributed by atoms with Gasteiger partial charge in [0.05, 0.1) is 0 Å². The molecule has 0 unspecified atom stereocenters. The van der Waals surface area contributed by atoms with E-state index in [9.17, 15) is 8.42 Å². The Labute approximate surface area is 151 Å². The Bertz CT molecular complexity index is 764. The van der Waals surface area contributed by atoms with Gasteiger partial charge in [-0.05, 0) is 58.9 Å². The maximum absolute atomic E-state index is 12.9. The average molecular weight is 362 g/mol. The van der Waals surface area contributed by atoms with Gasteiger partial charge in [-0.2, -0.15) is 4.31 Å². The molecule has 0 N–H and O–H groups in total. The van der Waals surface area contributed by atoms with Gasteiger partial charge in [0, 0.05) is 30.5 Å². The van der Waals surface area contributed by atoms with Crippen molar-refractivity contribution < 1.29 is 8.42 Å². The summed E-state index contributed by atoms with van der Waals surface area (Å²) in [6, 6.07) is 13.1. The summed E-state index contributed by atoms with van der Waals surface area (Å²) in [6.45, 7) is 10.3. The van der Waals surface area contributed by atoms with Gasteiger partial charge in [-0.15, -0.1) is 0 Å². The number of sulfonamides is 1. The highest BCUT2D eigenvalue weighted by Gasteiger charge is 2.29. The second-order valence-corrected chi connectivity index (χ2v) is 8.30. The second-order valence-electron chi connectivity index (χ2n) is 6.45. The number of anilines is 2. The van der Waals surface area contributed by atoms with Crippen LogP contribution < -0.4 is 4.90 Å². The van der Waals surface area contributed by atoms with Crippen LogP contribution in [0.4, 0.5) is 11.5 Å². The molecule has 2 rings (SSSR count). The molecule has 5 nitrogen and oxygen atoms in total. The normalized spacial score (nSPS) is 12.2. The summed E-state index contributed by atoms with van der Waals surface area (Å²) in [5.74, 6) is 0.730. The molecule has 0 fully saturated rings. The number of benzene rings is 1. The highest BCUT2D eigenvalue weighted by atomic mass is 32.2. The zero-order chi connectivity index (χ0) is 18.6. The predicted molar refractivity (Wildman–Crippen MR) is 103 cm³/mol. The molecular formula is C19H27N3O2S. The molecule has 1 aromatic carbocycles. The fraction of sp³-hybridized carbons (Fsp3) is 0.421. The predicted octanol–water partition coefficient (Wildman–Crippen LogP) is 4.05. The molecule has 0 atom stereocenters.